The number of nitrogens with zero attached hydrogens (tertiary/aromatic N) is 18. The van der Waals surface area contributed by atoms with Crippen LogP contribution in [0.1, 0.15) is 99.6 Å². The maximum absolute atomic E-state index is 12.9. The molecule has 12 saturated heterocycles. The number of azide groups is 4. The van der Waals surface area contributed by atoms with Crippen LogP contribution in [0.25, 0.3) is 41.8 Å². The van der Waals surface area contributed by atoms with Crippen LogP contribution in [0.15, 0.2) is 194 Å². The Morgan fingerprint density at radius 2 is 0.763 bits per heavy atom. The molecule has 0 unspecified atom stereocenters. The van der Waals surface area contributed by atoms with Gasteiger partial charge in [0.25, 0.3) is 33.4 Å². The molecule has 50 nitrogen and oxygen atoms in total. The number of benzene rings is 1. The van der Waals surface area contributed by atoms with Crippen LogP contribution in [0.5, 0.6) is 0 Å². The summed E-state index contributed by atoms with van der Waals surface area (Å²) in [7, 11) is 3.75. The number of carbonyl (C=O) groups excluding carboxylic acids is 1. The molecule has 1 aromatic carbocycles. The van der Waals surface area contributed by atoms with E-state index in [1.54, 1.807) is 60.8 Å². The molecule has 7 aromatic rings. The van der Waals surface area contributed by atoms with E-state index in [1.807, 2.05) is 45.2 Å². The Hall–Kier alpha value is -7.48. The van der Waals surface area contributed by atoms with Gasteiger partial charge in [-0.25, -0.2) is 33.6 Å². The summed E-state index contributed by atoms with van der Waals surface area (Å²) in [5.74, 6) is 4.65. The Morgan fingerprint density at radius 3 is 1.08 bits per heavy atom. The van der Waals surface area contributed by atoms with Crippen LogP contribution in [-0.2, 0) is 33.2 Å². The summed E-state index contributed by atoms with van der Waals surface area (Å²) >= 11 is 15.1. The van der Waals surface area contributed by atoms with E-state index in [0.717, 1.165) is 58.0 Å². The van der Waals surface area contributed by atoms with Crippen molar-refractivity contribution in [2.45, 2.75) is 183 Å². The first-order chi connectivity index (χ1) is 64.5. The number of aliphatic hydroxyl groups excluding tert-OH is 6. The van der Waals surface area contributed by atoms with E-state index in [-0.39, 0.29) is 58.3 Å². The molecule has 6 spiro atoms. The van der Waals surface area contributed by atoms with Gasteiger partial charge in [-0.3, -0.25) is 86.1 Å². The number of aromatic amines is 6. The molecule has 12 aliphatic rings. The van der Waals surface area contributed by atoms with E-state index < -0.39 is 205 Å². The van der Waals surface area contributed by atoms with Crippen molar-refractivity contribution in [2.24, 2.45) is 20.5 Å². The number of hydrogen-bond donors (Lipinski definition) is 12. The van der Waals surface area contributed by atoms with Crippen LogP contribution in [0.4, 0.5) is 0 Å². The van der Waals surface area contributed by atoms with Gasteiger partial charge in [0.2, 0.25) is 0 Å². The predicted molar refractivity (Wildman–Crippen MR) is 515 cm³/mol. The van der Waals surface area contributed by atoms with E-state index in [9.17, 15) is 98.5 Å². The number of thioether (sulfide) groups is 6. The summed E-state index contributed by atoms with van der Waals surface area (Å²) in [6.45, 7) is 4.68. The zero-order valence-electron chi connectivity index (χ0n) is 71.1. The van der Waals surface area contributed by atoms with Gasteiger partial charge >= 0.3 is 40.1 Å². The maximum atomic E-state index is 12.9. The summed E-state index contributed by atoms with van der Waals surface area (Å²) < 4.78 is 50.3. The Kier molecular flexibility index (Phi) is 33.3. The van der Waals surface area contributed by atoms with Gasteiger partial charge in [0, 0.05) is 146 Å². The number of alkyl halides is 3. The molecule has 0 bridgehead atoms. The Balaban J connectivity index is 0.000000147. The van der Waals surface area contributed by atoms with Gasteiger partial charge in [0.15, 0.2) is 66.4 Å². The zero-order chi connectivity index (χ0) is 97.8. The first-order valence-corrected chi connectivity index (χ1v) is 50.7. The normalized spacial score (nSPS) is 34.5. The average molecular weight is 2550 g/mol. The van der Waals surface area contributed by atoms with E-state index >= 15 is 0 Å². The SMILES string of the molecule is C=C1O[C@@H](n2ccc(=O)[nH]c2=O)[C@@]2(CCS2)[C@@H]1O.CC[C@@]1(N=[N+]=[N-])O[C@@H](n2ccc(=O)[nH]c2=O)[C@@]2(CCS2)[C@@H]1O.O=c1ccn([C@@H]2O[C@H](CI)[C@@H](O)[C@]23CCS3)c(=O)[nH]1.[2H][B].[N-]=[N+]=N[C@]1(CI)O[C@@H](n2ccc(=O)[nH]c2=O)[C@@]2(CCS2)[C@@H]1O.[N-]=[N+]=N[C@]1(CI)O[C@@H](n2ccc(=O)[nH]c2=O)[C@@]2(CCS2)[C@@H]1OC(=O)c1ccccc1.[N-]=[N+]=N[C@]1(CO)O[C@@H](n2ccc(=O)[nH]c2=O)[C@@]2(CCS2)[C@@H]1O.[U]. The van der Waals surface area contributed by atoms with Crippen molar-refractivity contribution in [1.82, 2.24) is 57.3 Å². The third-order valence-electron chi connectivity index (χ3n) is 24.6. The number of H-pyrrole nitrogens is 6. The number of hydrogen-bond acceptors (Lipinski definition) is 36. The van der Waals surface area contributed by atoms with E-state index in [4.69, 9.17) is 51.1 Å². The second-order valence-electron chi connectivity index (χ2n) is 31.5. The Labute approximate surface area is 849 Å². The van der Waals surface area contributed by atoms with Crippen LogP contribution < -0.4 is 67.5 Å². The molecule has 12 fully saturated rings. The number of aromatic nitrogens is 12. The zero-order valence-corrected chi connectivity index (χ0v) is 85.6. The fourth-order valence-corrected chi connectivity index (χ4v) is 27.5. The minimum Gasteiger partial charge on any atom is -0.471 e. The molecule has 61 heteroatoms. The standard InChI is InChI=1S/C18H16IN5O5S.C12H15N5O4S.C11H12IN5O4S.C11H13IN2O4S.C11H13N5O5S.C11H12N2O4S.BH.U/c19-10-18(22-23-20)14(28-13(26)11-4-2-1-3-5-11)17(7-9-30-17)15(29-18)24-8-6-12(25)21-16(24)27;1-2-12(15-16-13)8(19)11(4-6-22-11)9(21-12)17-5-3-7(18)14-10(17)20;12-5-11(15-16-13)7(19)10(2-4-22-10)8(21-11)17-3-1-6(18)14-9(17)20;12-5-6-8(16)11(2-4-19-11)9(18-6)14-3-1-7(15)13-10(14)17;12-15-14-11(5-17)7(19)10(2-4-22-10)8(21-11)16-3-1-6(18)13-9(16)20;1-6-8(15)11(3-5-18-11)9(17-6)13-4-2-7(14)12-10(13)16;;/h1-6,8,14-15H,7,9-10H2,(H,21,25,27);3,5,8-9,19H,2,4,6H2,1H3,(H,14,18,20);1,3,7-8,19H,2,4-5H2,(H,14,18,20);1,3,6,8-9,16H,2,4-5H2,(H,13,15,17);1,3,7-8,17,19H,2,4-5H2,(H,13,18,20);2,4,8-9,15H,1,3,5H2,(H,12,14,16);1H;/t14-,15+,17+,18+;8-,9+,11+,12+;7-,8+,10+,11+;6-,8-,9-,11-;7-,8+,10+,11+;8-,9-,11-;;/m000101../s1/i;;;;;;1D;. The van der Waals surface area contributed by atoms with Crippen molar-refractivity contribution in [1.29, 1.82) is 1.34 Å². The number of aliphatic hydroxyl groups is 6. The van der Waals surface area contributed by atoms with Gasteiger partial charge in [-0.2, -0.15) is 0 Å². The van der Waals surface area contributed by atoms with Crippen LogP contribution in [-0.4, -0.2) is 252 Å². The maximum Gasteiger partial charge on any atom is 0.338 e. The number of rotatable bonds is 17. The molecule has 718 valence electrons. The molecule has 6 aromatic heterocycles. The molecular weight excluding hydrogens is 2460 g/mol. The van der Waals surface area contributed by atoms with Crippen molar-refractivity contribution in [3.63, 3.8) is 0 Å². The van der Waals surface area contributed by atoms with E-state index in [2.05, 4.69) is 108 Å². The summed E-state index contributed by atoms with van der Waals surface area (Å²) in [6.07, 6.45) is 1.62. The van der Waals surface area contributed by atoms with Crippen molar-refractivity contribution < 1.29 is 99.7 Å². The summed E-state index contributed by atoms with van der Waals surface area (Å²) in [6, 6.07) is 15.8. The number of carbonyl (C=O) groups is 1. The van der Waals surface area contributed by atoms with Crippen molar-refractivity contribution in [2.75, 3.05) is 54.4 Å². The number of ether oxygens (including phenoxy) is 7. The number of esters is 1. The molecular formula is C74H82BI3N24O26S6U. The largest absolute Gasteiger partial charge is 0.471 e. The molecule has 0 saturated carbocycles. The monoisotopic (exact) mass is 2550 g/mol. The molecule has 2 radical (unpaired) electrons. The van der Waals surface area contributed by atoms with Gasteiger partial charge in [-0.15, -0.1) is 70.6 Å². The van der Waals surface area contributed by atoms with Crippen molar-refractivity contribution >= 4 is 153 Å². The van der Waals surface area contributed by atoms with Gasteiger partial charge < -0.3 is 63.8 Å². The third kappa shape index (κ3) is 19.1. The minimum atomic E-state index is -1.86. The second-order valence-corrected chi connectivity index (χ2v) is 42.7. The Bertz CT molecular complexity index is 6310. The van der Waals surface area contributed by atoms with E-state index in [0.29, 0.717) is 35.7 Å². The fourth-order valence-electron chi connectivity index (χ4n) is 17.4. The summed E-state index contributed by atoms with van der Waals surface area (Å²) in [5.41, 5.74) is 23.0. The molecule has 0 amide bonds. The van der Waals surface area contributed by atoms with Crippen molar-refractivity contribution in [3.05, 3.63) is 289 Å². The van der Waals surface area contributed by atoms with Crippen LogP contribution in [0, 0.1) is 31.1 Å². The molecule has 23 atom stereocenters. The third-order valence-corrected chi connectivity index (χ3v) is 37.2. The summed E-state index contributed by atoms with van der Waals surface area (Å²) in [4.78, 5) is 177. The quantitative estimate of drug-likeness (QED) is 0.0119. The predicted octanol–water partition coefficient (Wildman–Crippen LogP) is 2.64. The van der Waals surface area contributed by atoms with Gasteiger partial charge in [-0.1, -0.05) is 120 Å². The van der Waals surface area contributed by atoms with E-state index in [1.165, 1.54) is 137 Å². The smallest absolute Gasteiger partial charge is 0.338 e. The molecule has 12 aliphatic heterocycles. The molecule has 18 heterocycles. The van der Waals surface area contributed by atoms with Crippen molar-refractivity contribution in [3.8, 4) is 0 Å². The average Bonchev–Trinajstić information content (AvgIpc) is 1.53. The van der Waals surface area contributed by atoms with Gasteiger partial charge in [-0.05, 0) is 115 Å². The molecule has 135 heavy (non-hydrogen) atoms. The van der Waals surface area contributed by atoms with Crippen LogP contribution in [0.2, 0.25) is 0 Å². The summed E-state index contributed by atoms with van der Waals surface area (Å²) in [5, 5.41) is 76.7. The molecule has 0 aliphatic carbocycles. The topological polar surface area (TPSA) is 727 Å². The molecule has 19 rings (SSSR count). The first-order valence-electron chi connectivity index (χ1n) is 40.8. The van der Waals surface area contributed by atoms with Gasteiger partial charge in [0.1, 0.15) is 45.8 Å². The number of nitrogens with one attached hydrogen (secondary N) is 6. The number of halogens is 3. The van der Waals surface area contributed by atoms with Gasteiger partial charge in [0.05, 0.1) is 37.3 Å². The second kappa shape index (κ2) is 42.9. The Morgan fingerprint density at radius 1 is 0.467 bits per heavy atom. The first kappa shape index (κ1) is 105. The van der Waals surface area contributed by atoms with Crippen LogP contribution >= 0.6 is 138 Å². The molecule has 12 N–H and O–H groups in total. The van der Waals surface area contributed by atoms with Crippen LogP contribution in [0.3, 0.4) is 0 Å². The fraction of sp³-hybridized carbons (Fsp3) is 0.554. The minimum absolute atomic E-state index is 0.